The van der Waals surface area contributed by atoms with E-state index < -0.39 is 12.0 Å². The minimum atomic E-state index is -1.02. The van der Waals surface area contributed by atoms with Crippen molar-refractivity contribution in [2.45, 2.75) is 18.2 Å². The number of carboxylic acid groups (broad SMARTS) is 1. The van der Waals surface area contributed by atoms with E-state index in [4.69, 9.17) is 4.74 Å². The van der Waals surface area contributed by atoms with Gasteiger partial charge in [0.05, 0.1) is 13.5 Å². The summed E-state index contributed by atoms with van der Waals surface area (Å²) in [7, 11) is 1.61. The Morgan fingerprint density at radius 1 is 1.08 bits per heavy atom. The molecule has 0 bridgehead atoms. The zero-order chi connectivity index (χ0) is 18.1. The number of thioether (sulfide) groups is 1. The van der Waals surface area contributed by atoms with E-state index in [9.17, 15) is 14.7 Å². The fourth-order valence-electron chi connectivity index (χ4n) is 2.22. The normalized spacial score (nSPS) is 11.6. The van der Waals surface area contributed by atoms with Crippen LogP contribution in [0.3, 0.4) is 0 Å². The van der Waals surface area contributed by atoms with Gasteiger partial charge in [-0.2, -0.15) is 11.8 Å². The van der Waals surface area contributed by atoms with Crippen LogP contribution in [0.15, 0.2) is 54.6 Å². The lowest BCUT2D eigenvalue weighted by atomic mass is 10.1. The maximum atomic E-state index is 12.0. The minimum absolute atomic E-state index is 0.174. The summed E-state index contributed by atoms with van der Waals surface area (Å²) in [6, 6.07) is 16.0. The summed E-state index contributed by atoms with van der Waals surface area (Å²) in [5, 5.41) is 11.9. The second-order valence-corrected chi connectivity index (χ2v) is 6.51. The molecule has 0 fully saturated rings. The average Bonchev–Trinajstić information content (AvgIpc) is 2.62. The molecule has 0 aromatic heterocycles. The number of hydrogen-bond acceptors (Lipinski definition) is 4. The standard InChI is InChI=1S/C19H21NO4S/c1-24-16-9-7-15(8-10-16)12-25-13-17(19(22)23)20-18(21)11-14-5-3-2-4-6-14/h2-10,17H,11-13H2,1H3,(H,20,21)(H,22,23). The van der Waals surface area contributed by atoms with Crippen molar-refractivity contribution in [3.05, 3.63) is 65.7 Å². The Morgan fingerprint density at radius 2 is 1.76 bits per heavy atom. The number of hydrogen-bond donors (Lipinski definition) is 2. The fourth-order valence-corrected chi connectivity index (χ4v) is 3.23. The average molecular weight is 359 g/mol. The van der Waals surface area contributed by atoms with Crippen LogP contribution in [-0.2, 0) is 21.8 Å². The van der Waals surface area contributed by atoms with Crippen LogP contribution in [0.5, 0.6) is 5.75 Å². The van der Waals surface area contributed by atoms with Gasteiger partial charge < -0.3 is 15.2 Å². The number of aliphatic carboxylic acids is 1. The molecule has 0 radical (unpaired) electrons. The summed E-state index contributed by atoms with van der Waals surface area (Å²) in [6.45, 7) is 0. The molecule has 2 N–H and O–H groups in total. The number of carbonyl (C=O) groups excluding carboxylic acids is 1. The molecular formula is C19H21NO4S. The summed E-state index contributed by atoms with van der Waals surface area (Å²) in [5.41, 5.74) is 1.93. The molecule has 1 unspecified atom stereocenters. The number of benzene rings is 2. The summed E-state index contributed by atoms with van der Waals surface area (Å²) < 4.78 is 5.10. The SMILES string of the molecule is COc1ccc(CSCC(NC(=O)Cc2ccccc2)C(=O)O)cc1. The van der Waals surface area contributed by atoms with Crippen molar-refractivity contribution in [3.8, 4) is 5.75 Å². The molecule has 5 nitrogen and oxygen atoms in total. The summed E-state index contributed by atoms with van der Waals surface area (Å²) >= 11 is 1.47. The first-order valence-electron chi connectivity index (χ1n) is 7.85. The topological polar surface area (TPSA) is 75.6 Å². The molecule has 6 heteroatoms. The first-order chi connectivity index (χ1) is 12.1. The molecule has 132 valence electrons. The molecule has 2 aromatic rings. The third kappa shape index (κ3) is 6.51. The van der Waals surface area contributed by atoms with Gasteiger partial charge in [-0.15, -0.1) is 0 Å². The highest BCUT2D eigenvalue weighted by atomic mass is 32.2. The van der Waals surface area contributed by atoms with Crippen LogP contribution in [0.2, 0.25) is 0 Å². The zero-order valence-corrected chi connectivity index (χ0v) is 14.8. The van der Waals surface area contributed by atoms with Gasteiger partial charge in [0, 0.05) is 11.5 Å². The Labute approximate surface area is 151 Å². The van der Waals surface area contributed by atoms with Gasteiger partial charge in [0.1, 0.15) is 11.8 Å². The smallest absolute Gasteiger partial charge is 0.327 e. The van der Waals surface area contributed by atoms with Crippen molar-refractivity contribution in [2.24, 2.45) is 0 Å². The number of ether oxygens (including phenoxy) is 1. The lowest BCUT2D eigenvalue weighted by Crippen LogP contribution is -2.43. The van der Waals surface area contributed by atoms with Gasteiger partial charge in [0.15, 0.2) is 0 Å². The molecule has 0 spiro atoms. The highest BCUT2D eigenvalue weighted by Crippen LogP contribution is 2.17. The van der Waals surface area contributed by atoms with Crippen molar-refractivity contribution in [1.29, 1.82) is 0 Å². The molecule has 1 amide bonds. The number of nitrogens with one attached hydrogen (secondary N) is 1. The summed E-state index contributed by atoms with van der Waals surface area (Å²) in [6.07, 6.45) is 0.174. The van der Waals surface area contributed by atoms with Gasteiger partial charge in [-0.1, -0.05) is 42.5 Å². The number of rotatable bonds is 9. The van der Waals surface area contributed by atoms with E-state index in [-0.39, 0.29) is 12.3 Å². The van der Waals surface area contributed by atoms with Crippen LogP contribution in [0.1, 0.15) is 11.1 Å². The van der Waals surface area contributed by atoms with Gasteiger partial charge in [0.25, 0.3) is 0 Å². The van der Waals surface area contributed by atoms with Crippen molar-refractivity contribution in [3.63, 3.8) is 0 Å². The predicted molar refractivity (Wildman–Crippen MR) is 98.9 cm³/mol. The zero-order valence-electron chi connectivity index (χ0n) is 14.0. The number of methoxy groups -OCH3 is 1. The molecule has 0 aliphatic heterocycles. The molecule has 1 atom stereocenters. The maximum Gasteiger partial charge on any atom is 0.327 e. The first-order valence-corrected chi connectivity index (χ1v) is 9.00. The monoisotopic (exact) mass is 359 g/mol. The lowest BCUT2D eigenvalue weighted by Gasteiger charge is -2.14. The molecule has 0 aliphatic rings. The fraction of sp³-hybridized carbons (Fsp3) is 0.263. The second kappa shape index (κ2) is 9.74. The second-order valence-electron chi connectivity index (χ2n) is 5.48. The molecule has 0 aliphatic carbocycles. The van der Waals surface area contributed by atoms with Crippen LogP contribution >= 0.6 is 11.8 Å². The van der Waals surface area contributed by atoms with Crippen LogP contribution in [0, 0.1) is 0 Å². The minimum Gasteiger partial charge on any atom is -0.497 e. The van der Waals surface area contributed by atoms with Gasteiger partial charge in [-0.25, -0.2) is 4.79 Å². The third-order valence-electron chi connectivity index (χ3n) is 3.55. The van der Waals surface area contributed by atoms with Crippen LogP contribution in [0.25, 0.3) is 0 Å². The molecule has 0 saturated carbocycles. The van der Waals surface area contributed by atoms with Crippen LogP contribution in [-0.4, -0.2) is 35.9 Å². The van der Waals surface area contributed by atoms with E-state index in [0.717, 1.165) is 16.9 Å². The van der Waals surface area contributed by atoms with E-state index in [1.807, 2.05) is 54.6 Å². The Hall–Kier alpha value is -2.47. The summed E-state index contributed by atoms with van der Waals surface area (Å²) in [5.74, 6) is 0.446. The highest BCUT2D eigenvalue weighted by molar-refractivity contribution is 7.98. The van der Waals surface area contributed by atoms with E-state index in [2.05, 4.69) is 5.32 Å². The summed E-state index contributed by atoms with van der Waals surface area (Å²) in [4.78, 5) is 23.4. The Bertz CT molecular complexity index is 688. The van der Waals surface area contributed by atoms with E-state index in [0.29, 0.717) is 11.5 Å². The van der Waals surface area contributed by atoms with Crippen molar-refractivity contribution in [1.82, 2.24) is 5.32 Å². The first kappa shape index (κ1) is 18.9. The van der Waals surface area contributed by atoms with Crippen molar-refractivity contribution < 1.29 is 19.4 Å². The quantitative estimate of drug-likeness (QED) is 0.720. The molecule has 25 heavy (non-hydrogen) atoms. The van der Waals surface area contributed by atoms with Gasteiger partial charge in [-0.05, 0) is 23.3 Å². The number of carboxylic acids is 1. The predicted octanol–water partition coefficient (Wildman–Crippen LogP) is 2.74. The largest absolute Gasteiger partial charge is 0.497 e. The van der Waals surface area contributed by atoms with Crippen molar-refractivity contribution >= 4 is 23.6 Å². The number of carbonyl (C=O) groups is 2. The van der Waals surface area contributed by atoms with Gasteiger partial charge in [0.2, 0.25) is 5.91 Å². The Balaban J connectivity index is 1.81. The Morgan fingerprint density at radius 3 is 2.36 bits per heavy atom. The molecular weight excluding hydrogens is 338 g/mol. The molecule has 2 aromatic carbocycles. The Kier molecular flexibility index (Phi) is 7.35. The lowest BCUT2D eigenvalue weighted by molar-refractivity contribution is -0.141. The van der Waals surface area contributed by atoms with Gasteiger partial charge >= 0.3 is 5.97 Å². The number of amides is 1. The van der Waals surface area contributed by atoms with E-state index >= 15 is 0 Å². The maximum absolute atomic E-state index is 12.0. The van der Waals surface area contributed by atoms with Crippen LogP contribution < -0.4 is 10.1 Å². The highest BCUT2D eigenvalue weighted by Gasteiger charge is 2.19. The third-order valence-corrected chi connectivity index (χ3v) is 4.66. The van der Waals surface area contributed by atoms with E-state index in [1.165, 1.54) is 11.8 Å². The van der Waals surface area contributed by atoms with E-state index in [1.54, 1.807) is 7.11 Å². The molecule has 0 saturated heterocycles. The van der Waals surface area contributed by atoms with Crippen molar-refractivity contribution in [2.75, 3.05) is 12.9 Å². The molecule has 0 heterocycles. The molecule has 2 rings (SSSR count). The van der Waals surface area contributed by atoms with Crippen LogP contribution in [0.4, 0.5) is 0 Å². The van der Waals surface area contributed by atoms with Gasteiger partial charge in [-0.3, -0.25) is 4.79 Å².